The minimum atomic E-state index is -0.472. The molecule has 1 heterocycles. The molecule has 6 nitrogen and oxygen atoms in total. The standard InChI is InChI=1S/C19H21FN2O4/c1-25-15-5-4-12(20)8-14(15)16(11-6-13(23)7-11)22-19(24)17-18(10-2-3-10)26-9-21-17/h4-5,8-11,13,16,23H,2-3,6-7H2,1H3,(H,22,24). The highest BCUT2D eigenvalue weighted by molar-refractivity contribution is 5.93. The molecule has 1 amide bonds. The molecule has 2 fully saturated rings. The molecule has 7 heteroatoms. The molecule has 1 unspecified atom stereocenters. The molecule has 0 bridgehead atoms. The Hall–Kier alpha value is -2.41. The van der Waals surface area contributed by atoms with E-state index in [1.54, 1.807) is 6.07 Å². The molecule has 2 N–H and O–H groups in total. The van der Waals surface area contributed by atoms with Gasteiger partial charge in [0.25, 0.3) is 5.91 Å². The van der Waals surface area contributed by atoms with Crippen molar-refractivity contribution < 1.29 is 23.4 Å². The molecule has 2 aromatic rings. The van der Waals surface area contributed by atoms with E-state index in [0.717, 1.165) is 12.8 Å². The molecule has 2 aliphatic rings. The van der Waals surface area contributed by atoms with Gasteiger partial charge in [0.15, 0.2) is 12.1 Å². The third-order valence-electron chi connectivity index (χ3n) is 5.19. The molecule has 0 spiro atoms. The lowest BCUT2D eigenvalue weighted by molar-refractivity contribution is 0.0230. The van der Waals surface area contributed by atoms with Crippen LogP contribution in [0.1, 0.15) is 59.5 Å². The molecular weight excluding hydrogens is 339 g/mol. The van der Waals surface area contributed by atoms with Crippen LogP contribution in [0.3, 0.4) is 0 Å². The van der Waals surface area contributed by atoms with Gasteiger partial charge in [0.05, 0.1) is 19.3 Å². The zero-order chi connectivity index (χ0) is 18.3. The molecule has 4 rings (SSSR count). The molecule has 1 aromatic heterocycles. The first-order chi connectivity index (χ1) is 12.6. The number of hydrogen-bond acceptors (Lipinski definition) is 5. The summed E-state index contributed by atoms with van der Waals surface area (Å²) in [5, 5.41) is 12.7. The highest BCUT2D eigenvalue weighted by Gasteiger charge is 2.39. The van der Waals surface area contributed by atoms with Crippen LogP contribution in [-0.2, 0) is 0 Å². The van der Waals surface area contributed by atoms with Gasteiger partial charge in [0.1, 0.15) is 17.3 Å². The predicted molar refractivity (Wildman–Crippen MR) is 90.4 cm³/mol. The van der Waals surface area contributed by atoms with E-state index < -0.39 is 18.0 Å². The van der Waals surface area contributed by atoms with Crippen molar-refractivity contribution in [1.29, 1.82) is 0 Å². The summed E-state index contributed by atoms with van der Waals surface area (Å²) in [6, 6.07) is 3.77. The summed E-state index contributed by atoms with van der Waals surface area (Å²) in [7, 11) is 1.51. The zero-order valence-corrected chi connectivity index (χ0v) is 14.4. The van der Waals surface area contributed by atoms with Gasteiger partial charge in [-0.2, -0.15) is 0 Å². The average molecular weight is 360 g/mol. The molecule has 0 saturated heterocycles. The number of carbonyl (C=O) groups is 1. The molecule has 0 radical (unpaired) electrons. The number of nitrogens with zero attached hydrogens (tertiary/aromatic N) is 1. The number of aromatic nitrogens is 1. The summed E-state index contributed by atoms with van der Waals surface area (Å²) in [5.74, 6) is 0.618. The second-order valence-electron chi connectivity index (χ2n) is 7.06. The van der Waals surface area contributed by atoms with Crippen LogP contribution in [0.15, 0.2) is 29.0 Å². The maximum Gasteiger partial charge on any atom is 0.274 e. The number of carbonyl (C=O) groups excluding carboxylic acids is 1. The Morgan fingerprint density at radius 3 is 2.85 bits per heavy atom. The summed E-state index contributed by atoms with van der Waals surface area (Å²) >= 11 is 0. The first kappa shape index (κ1) is 17.0. The molecular formula is C19H21FN2O4. The molecule has 138 valence electrons. The van der Waals surface area contributed by atoms with Gasteiger partial charge in [-0.15, -0.1) is 0 Å². The summed E-state index contributed by atoms with van der Waals surface area (Å²) < 4.78 is 24.6. The van der Waals surface area contributed by atoms with Crippen molar-refractivity contribution in [3.63, 3.8) is 0 Å². The predicted octanol–water partition coefficient (Wildman–Crippen LogP) is 2.94. The Bertz CT molecular complexity index is 812. The molecule has 26 heavy (non-hydrogen) atoms. The van der Waals surface area contributed by atoms with Crippen LogP contribution >= 0.6 is 0 Å². The van der Waals surface area contributed by atoms with E-state index in [4.69, 9.17) is 9.15 Å². The van der Waals surface area contributed by atoms with Gasteiger partial charge >= 0.3 is 0 Å². The number of methoxy groups -OCH3 is 1. The smallest absolute Gasteiger partial charge is 0.274 e. The Balaban J connectivity index is 1.63. The van der Waals surface area contributed by atoms with Gasteiger partial charge in [-0.05, 0) is 49.8 Å². The average Bonchev–Trinajstić information content (AvgIpc) is 3.33. The summed E-state index contributed by atoms with van der Waals surface area (Å²) in [6.45, 7) is 0. The Kier molecular flexibility index (Phi) is 4.40. The van der Waals surface area contributed by atoms with Crippen molar-refractivity contribution in [2.24, 2.45) is 5.92 Å². The quantitative estimate of drug-likeness (QED) is 0.827. The van der Waals surface area contributed by atoms with E-state index in [1.807, 2.05) is 0 Å². The first-order valence-electron chi connectivity index (χ1n) is 8.82. The summed E-state index contributed by atoms with van der Waals surface area (Å²) in [6.07, 6.45) is 3.95. The van der Waals surface area contributed by atoms with Crippen LogP contribution < -0.4 is 10.1 Å². The number of hydrogen-bond donors (Lipinski definition) is 2. The fourth-order valence-electron chi connectivity index (χ4n) is 3.57. The number of aliphatic hydroxyl groups excluding tert-OH is 1. The monoisotopic (exact) mass is 360 g/mol. The zero-order valence-electron chi connectivity index (χ0n) is 14.4. The highest BCUT2D eigenvalue weighted by Crippen LogP contribution is 2.43. The van der Waals surface area contributed by atoms with Crippen LogP contribution in [0.4, 0.5) is 4.39 Å². The Morgan fingerprint density at radius 2 is 2.19 bits per heavy atom. The second kappa shape index (κ2) is 6.72. The maximum absolute atomic E-state index is 13.8. The van der Waals surface area contributed by atoms with Crippen LogP contribution in [0.5, 0.6) is 5.75 Å². The highest BCUT2D eigenvalue weighted by atomic mass is 19.1. The number of nitrogens with one attached hydrogen (secondary N) is 1. The van der Waals surface area contributed by atoms with E-state index in [2.05, 4.69) is 10.3 Å². The Morgan fingerprint density at radius 1 is 1.42 bits per heavy atom. The SMILES string of the molecule is COc1ccc(F)cc1C(NC(=O)c1ncoc1C1CC1)C1CC(O)C1. The van der Waals surface area contributed by atoms with E-state index in [1.165, 1.54) is 25.6 Å². The fourth-order valence-corrected chi connectivity index (χ4v) is 3.57. The van der Waals surface area contributed by atoms with Gasteiger partial charge in [-0.3, -0.25) is 4.79 Å². The number of aliphatic hydroxyl groups is 1. The third-order valence-corrected chi connectivity index (χ3v) is 5.19. The van der Waals surface area contributed by atoms with Crippen molar-refractivity contribution in [1.82, 2.24) is 10.3 Å². The molecule has 0 aliphatic heterocycles. The third kappa shape index (κ3) is 3.19. The topological polar surface area (TPSA) is 84.6 Å². The lowest BCUT2D eigenvalue weighted by atomic mass is 9.74. The largest absolute Gasteiger partial charge is 0.496 e. The van der Waals surface area contributed by atoms with Crippen molar-refractivity contribution in [3.05, 3.63) is 47.4 Å². The number of benzene rings is 1. The van der Waals surface area contributed by atoms with Crippen LogP contribution in [0, 0.1) is 11.7 Å². The fraction of sp³-hybridized carbons (Fsp3) is 0.474. The van der Waals surface area contributed by atoms with E-state index in [9.17, 15) is 14.3 Å². The number of ether oxygens (including phenoxy) is 1. The van der Waals surface area contributed by atoms with Gasteiger partial charge < -0.3 is 19.6 Å². The summed E-state index contributed by atoms with van der Waals surface area (Å²) in [5.41, 5.74) is 0.849. The number of amides is 1. The van der Waals surface area contributed by atoms with Gasteiger partial charge in [-0.25, -0.2) is 9.37 Å². The lowest BCUT2D eigenvalue weighted by Gasteiger charge is -2.38. The maximum atomic E-state index is 13.8. The van der Waals surface area contributed by atoms with E-state index >= 15 is 0 Å². The van der Waals surface area contributed by atoms with Crippen molar-refractivity contribution in [3.8, 4) is 5.75 Å². The van der Waals surface area contributed by atoms with Crippen molar-refractivity contribution in [2.75, 3.05) is 7.11 Å². The normalized spacial score (nSPS) is 23.2. The van der Waals surface area contributed by atoms with Crippen LogP contribution in [0.2, 0.25) is 0 Å². The number of halogens is 1. The number of oxazole rings is 1. The minimum absolute atomic E-state index is 0.000857. The minimum Gasteiger partial charge on any atom is -0.496 e. The van der Waals surface area contributed by atoms with Crippen molar-refractivity contribution in [2.45, 2.75) is 43.7 Å². The first-order valence-corrected chi connectivity index (χ1v) is 8.82. The van der Waals surface area contributed by atoms with Crippen LogP contribution in [-0.4, -0.2) is 29.2 Å². The van der Waals surface area contributed by atoms with Crippen LogP contribution in [0.25, 0.3) is 0 Å². The van der Waals surface area contributed by atoms with Gasteiger partial charge in [-0.1, -0.05) is 0 Å². The van der Waals surface area contributed by atoms with Crippen molar-refractivity contribution >= 4 is 5.91 Å². The van der Waals surface area contributed by atoms with E-state index in [0.29, 0.717) is 29.9 Å². The molecule has 2 aliphatic carbocycles. The van der Waals surface area contributed by atoms with E-state index in [-0.39, 0.29) is 23.4 Å². The number of rotatable bonds is 6. The van der Waals surface area contributed by atoms with Gasteiger partial charge in [0, 0.05) is 11.5 Å². The Labute approximate surface area is 150 Å². The molecule has 2 saturated carbocycles. The summed E-state index contributed by atoms with van der Waals surface area (Å²) in [4.78, 5) is 16.9. The second-order valence-corrected chi connectivity index (χ2v) is 7.06. The van der Waals surface area contributed by atoms with Gasteiger partial charge in [0.2, 0.25) is 0 Å². The lowest BCUT2D eigenvalue weighted by Crippen LogP contribution is -2.41. The molecule has 1 atom stereocenters. The molecule has 1 aromatic carbocycles.